The Bertz CT molecular complexity index is 218. The van der Waals surface area contributed by atoms with Crippen molar-refractivity contribution in [3.8, 4) is 6.07 Å². The fourth-order valence-corrected chi connectivity index (χ4v) is 1.18. The Kier molecular flexibility index (Phi) is 5.02. The van der Waals surface area contributed by atoms with Gasteiger partial charge in [-0.2, -0.15) is 5.26 Å². The van der Waals surface area contributed by atoms with E-state index < -0.39 is 0 Å². The second kappa shape index (κ2) is 6.39. The number of carbonyl (C=O) groups is 1. The molecule has 0 aromatic carbocycles. The van der Waals surface area contributed by atoms with Crippen LogP contribution in [0.15, 0.2) is 0 Å². The van der Waals surface area contributed by atoms with Crippen LogP contribution in [0, 0.1) is 17.2 Å². The number of nitriles is 1. The van der Waals surface area contributed by atoms with Crippen molar-refractivity contribution < 1.29 is 4.79 Å². The third-order valence-corrected chi connectivity index (χ3v) is 2.19. The molecule has 1 aliphatic carbocycles. The van der Waals surface area contributed by atoms with E-state index in [4.69, 9.17) is 5.26 Å². The predicted molar refractivity (Wildman–Crippen MR) is 53.5 cm³/mol. The Labute approximate surface area is 84.7 Å². The van der Waals surface area contributed by atoms with Crippen LogP contribution >= 0.6 is 0 Å². The Hall–Kier alpha value is -1.08. The standard InChI is InChI=1S/C10H17N3O/c11-5-1-2-6-12-7-8-13-10(14)9-3-4-9/h9,12H,1-4,6-8H2,(H,13,14). The van der Waals surface area contributed by atoms with Gasteiger partial charge in [0, 0.05) is 25.4 Å². The molecule has 0 unspecified atom stereocenters. The monoisotopic (exact) mass is 195 g/mol. The van der Waals surface area contributed by atoms with E-state index in [1.54, 1.807) is 0 Å². The van der Waals surface area contributed by atoms with E-state index in [0.29, 0.717) is 18.9 Å². The quantitative estimate of drug-likeness (QED) is 0.578. The lowest BCUT2D eigenvalue weighted by atomic mass is 10.3. The molecule has 0 spiro atoms. The summed E-state index contributed by atoms with van der Waals surface area (Å²) in [5.74, 6) is 0.498. The Morgan fingerprint density at radius 3 is 2.79 bits per heavy atom. The molecule has 0 bridgehead atoms. The molecule has 4 nitrogen and oxygen atoms in total. The largest absolute Gasteiger partial charge is 0.355 e. The third-order valence-electron chi connectivity index (χ3n) is 2.19. The molecule has 4 heteroatoms. The summed E-state index contributed by atoms with van der Waals surface area (Å²) in [4.78, 5) is 11.2. The zero-order valence-electron chi connectivity index (χ0n) is 8.38. The first-order valence-electron chi connectivity index (χ1n) is 5.20. The number of nitrogens with zero attached hydrogens (tertiary/aromatic N) is 1. The molecular formula is C10H17N3O. The van der Waals surface area contributed by atoms with Crippen molar-refractivity contribution in [2.75, 3.05) is 19.6 Å². The minimum absolute atomic E-state index is 0.198. The summed E-state index contributed by atoms with van der Waals surface area (Å²) < 4.78 is 0. The van der Waals surface area contributed by atoms with Crippen LogP contribution in [0.3, 0.4) is 0 Å². The summed E-state index contributed by atoms with van der Waals surface area (Å²) in [6.45, 7) is 2.35. The highest BCUT2D eigenvalue weighted by molar-refractivity contribution is 5.80. The van der Waals surface area contributed by atoms with E-state index >= 15 is 0 Å². The van der Waals surface area contributed by atoms with Gasteiger partial charge >= 0.3 is 0 Å². The predicted octanol–water partition coefficient (Wildman–Crippen LogP) is 0.406. The molecule has 2 N–H and O–H groups in total. The Morgan fingerprint density at radius 1 is 1.36 bits per heavy atom. The van der Waals surface area contributed by atoms with E-state index in [9.17, 15) is 4.79 Å². The maximum Gasteiger partial charge on any atom is 0.223 e. The lowest BCUT2D eigenvalue weighted by molar-refractivity contribution is -0.122. The first kappa shape index (κ1) is 11.0. The highest BCUT2D eigenvalue weighted by Crippen LogP contribution is 2.28. The maximum atomic E-state index is 11.2. The molecule has 1 rings (SSSR count). The summed E-state index contributed by atoms with van der Waals surface area (Å²) in [5.41, 5.74) is 0. The summed E-state index contributed by atoms with van der Waals surface area (Å²) in [5, 5.41) is 14.3. The number of unbranched alkanes of at least 4 members (excludes halogenated alkanes) is 1. The molecule has 0 aliphatic heterocycles. The molecule has 0 atom stereocenters. The van der Waals surface area contributed by atoms with E-state index in [2.05, 4.69) is 16.7 Å². The average molecular weight is 195 g/mol. The third kappa shape index (κ3) is 4.83. The van der Waals surface area contributed by atoms with Gasteiger partial charge in [0.15, 0.2) is 0 Å². The van der Waals surface area contributed by atoms with Crippen molar-refractivity contribution in [1.29, 1.82) is 5.26 Å². The van der Waals surface area contributed by atoms with E-state index in [-0.39, 0.29) is 5.91 Å². The summed E-state index contributed by atoms with van der Waals surface area (Å²) >= 11 is 0. The van der Waals surface area contributed by atoms with Crippen molar-refractivity contribution in [3.05, 3.63) is 0 Å². The number of nitrogens with one attached hydrogen (secondary N) is 2. The number of amides is 1. The molecule has 0 saturated heterocycles. The number of carbonyl (C=O) groups excluding carboxylic acids is 1. The highest BCUT2D eigenvalue weighted by Gasteiger charge is 2.28. The van der Waals surface area contributed by atoms with Crippen LogP contribution in [0.4, 0.5) is 0 Å². The molecule has 1 amide bonds. The van der Waals surface area contributed by atoms with Crippen molar-refractivity contribution in [3.63, 3.8) is 0 Å². The van der Waals surface area contributed by atoms with E-state index in [1.807, 2.05) is 0 Å². The van der Waals surface area contributed by atoms with Gasteiger partial charge in [0.25, 0.3) is 0 Å². The smallest absolute Gasteiger partial charge is 0.223 e. The van der Waals surface area contributed by atoms with Gasteiger partial charge in [-0.25, -0.2) is 0 Å². The molecule has 0 aromatic heterocycles. The second-order valence-electron chi connectivity index (χ2n) is 3.58. The van der Waals surface area contributed by atoms with Crippen LogP contribution in [-0.2, 0) is 4.79 Å². The van der Waals surface area contributed by atoms with Crippen molar-refractivity contribution in [1.82, 2.24) is 10.6 Å². The van der Waals surface area contributed by atoms with Crippen LogP contribution < -0.4 is 10.6 Å². The summed E-state index contributed by atoms with van der Waals surface area (Å²) in [6.07, 6.45) is 3.59. The van der Waals surface area contributed by atoms with Crippen molar-refractivity contribution in [2.24, 2.45) is 5.92 Å². The highest BCUT2D eigenvalue weighted by atomic mass is 16.2. The van der Waals surface area contributed by atoms with Gasteiger partial charge in [-0.15, -0.1) is 0 Å². The zero-order valence-corrected chi connectivity index (χ0v) is 8.38. The lowest BCUT2D eigenvalue weighted by Crippen LogP contribution is -2.32. The molecule has 1 fully saturated rings. The first-order valence-corrected chi connectivity index (χ1v) is 5.20. The lowest BCUT2D eigenvalue weighted by Gasteiger charge is -2.04. The van der Waals surface area contributed by atoms with Gasteiger partial charge in [-0.05, 0) is 25.8 Å². The minimum Gasteiger partial charge on any atom is -0.355 e. The number of hydrogen-bond acceptors (Lipinski definition) is 3. The van der Waals surface area contributed by atoms with Gasteiger partial charge in [0.05, 0.1) is 6.07 Å². The van der Waals surface area contributed by atoms with Gasteiger partial charge in [0.2, 0.25) is 5.91 Å². The molecule has 0 heterocycles. The topological polar surface area (TPSA) is 64.9 Å². The SMILES string of the molecule is N#CCCCNCCNC(=O)C1CC1. The Morgan fingerprint density at radius 2 is 2.14 bits per heavy atom. The van der Waals surface area contributed by atoms with Crippen LogP contribution in [-0.4, -0.2) is 25.5 Å². The summed E-state index contributed by atoms with van der Waals surface area (Å²) in [7, 11) is 0. The van der Waals surface area contributed by atoms with E-state index in [0.717, 1.165) is 32.4 Å². The molecule has 1 saturated carbocycles. The van der Waals surface area contributed by atoms with Crippen LogP contribution in [0.1, 0.15) is 25.7 Å². The maximum absolute atomic E-state index is 11.2. The number of hydrogen-bond donors (Lipinski definition) is 2. The van der Waals surface area contributed by atoms with Gasteiger partial charge in [-0.3, -0.25) is 4.79 Å². The van der Waals surface area contributed by atoms with Gasteiger partial charge in [-0.1, -0.05) is 0 Å². The fourth-order valence-electron chi connectivity index (χ4n) is 1.18. The average Bonchev–Trinajstić information content (AvgIpc) is 2.99. The van der Waals surface area contributed by atoms with Crippen LogP contribution in [0.5, 0.6) is 0 Å². The molecule has 0 aromatic rings. The summed E-state index contributed by atoms with van der Waals surface area (Å²) in [6, 6.07) is 2.09. The second-order valence-corrected chi connectivity index (χ2v) is 3.58. The zero-order chi connectivity index (χ0) is 10.2. The van der Waals surface area contributed by atoms with Crippen molar-refractivity contribution in [2.45, 2.75) is 25.7 Å². The molecule has 1 aliphatic rings. The van der Waals surface area contributed by atoms with Crippen LogP contribution in [0.25, 0.3) is 0 Å². The normalized spacial score (nSPS) is 14.8. The number of rotatable bonds is 7. The van der Waals surface area contributed by atoms with Crippen LogP contribution in [0.2, 0.25) is 0 Å². The minimum atomic E-state index is 0.198. The van der Waals surface area contributed by atoms with Gasteiger partial charge < -0.3 is 10.6 Å². The van der Waals surface area contributed by atoms with Crippen molar-refractivity contribution >= 4 is 5.91 Å². The molecule has 0 radical (unpaired) electrons. The molecule has 78 valence electrons. The molecular weight excluding hydrogens is 178 g/mol. The van der Waals surface area contributed by atoms with E-state index in [1.165, 1.54) is 0 Å². The van der Waals surface area contributed by atoms with Gasteiger partial charge in [0.1, 0.15) is 0 Å². The fraction of sp³-hybridized carbons (Fsp3) is 0.800. The molecule has 14 heavy (non-hydrogen) atoms. The first-order chi connectivity index (χ1) is 6.84. The Balaban J connectivity index is 1.80.